The SMILES string of the molecule is CCN1CCN(C2=C(c3c(-c4ccccc4)[nH]n(C)c3=O)C(=O)N(c3cc(C)ccc3OC)C2=O)CC1. The second-order valence-electron chi connectivity index (χ2n) is 9.36. The molecular weight excluding hydrogens is 470 g/mol. The molecule has 9 nitrogen and oxygen atoms in total. The molecule has 1 aromatic heterocycles. The second kappa shape index (κ2) is 9.74. The van der Waals surface area contributed by atoms with E-state index in [1.165, 1.54) is 11.8 Å². The first-order valence-corrected chi connectivity index (χ1v) is 12.5. The van der Waals surface area contributed by atoms with Crippen molar-refractivity contribution in [1.82, 2.24) is 19.6 Å². The van der Waals surface area contributed by atoms with E-state index in [1.807, 2.05) is 48.2 Å². The molecule has 5 rings (SSSR count). The van der Waals surface area contributed by atoms with Crippen molar-refractivity contribution in [2.75, 3.05) is 44.7 Å². The van der Waals surface area contributed by atoms with Crippen LogP contribution in [0.1, 0.15) is 18.1 Å². The Morgan fingerprint density at radius 3 is 2.30 bits per heavy atom. The summed E-state index contributed by atoms with van der Waals surface area (Å²) >= 11 is 0. The summed E-state index contributed by atoms with van der Waals surface area (Å²) in [6, 6.07) is 14.7. The molecule has 0 atom stereocenters. The molecule has 1 fully saturated rings. The molecule has 1 N–H and O–H groups in total. The van der Waals surface area contributed by atoms with E-state index in [0.717, 1.165) is 35.7 Å². The Labute approximate surface area is 215 Å². The Balaban J connectivity index is 1.73. The number of aromatic amines is 1. The van der Waals surface area contributed by atoms with Gasteiger partial charge in [-0.1, -0.05) is 43.3 Å². The number of imide groups is 1. The van der Waals surface area contributed by atoms with Gasteiger partial charge in [0.25, 0.3) is 17.4 Å². The number of methoxy groups -OCH3 is 1. The molecule has 0 radical (unpaired) electrons. The number of aromatic nitrogens is 2. The van der Waals surface area contributed by atoms with Crippen LogP contribution in [0.4, 0.5) is 5.69 Å². The Hall–Kier alpha value is -4.11. The van der Waals surface area contributed by atoms with Gasteiger partial charge in [-0.15, -0.1) is 0 Å². The number of nitrogens with one attached hydrogen (secondary N) is 1. The molecule has 37 heavy (non-hydrogen) atoms. The van der Waals surface area contributed by atoms with E-state index in [-0.39, 0.29) is 22.4 Å². The first-order valence-electron chi connectivity index (χ1n) is 12.5. The maximum absolute atomic E-state index is 14.2. The number of piperazine rings is 1. The lowest BCUT2D eigenvalue weighted by Gasteiger charge is -2.35. The third-order valence-electron chi connectivity index (χ3n) is 7.13. The van der Waals surface area contributed by atoms with Crippen molar-refractivity contribution in [1.29, 1.82) is 0 Å². The number of ether oxygens (including phenoxy) is 1. The topological polar surface area (TPSA) is 90.9 Å². The standard InChI is InChI=1S/C28H31N5O4/c1-5-31-13-15-32(16-14-31)25-23(22-24(29-30(3)26(22)34)19-9-7-6-8-10-19)27(35)33(28(25)36)20-17-18(2)11-12-21(20)37-4/h6-12,17,29H,5,13-16H2,1-4H3. The van der Waals surface area contributed by atoms with E-state index < -0.39 is 11.8 Å². The van der Waals surface area contributed by atoms with Crippen molar-refractivity contribution in [3.8, 4) is 17.0 Å². The van der Waals surface area contributed by atoms with Crippen LogP contribution in [-0.2, 0) is 16.6 Å². The fourth-order valence-electron chi connectivity index (χ4n) is 5.11. The molecule has 0 saturated carbocycles. The molecule has 192 valence electrons. The Morgan fingerprint density at radius 2 is 1.65 bits per heavy atom. The van der Waals surface area contributed by atoms with Crippen LogP contribution in [0.15, 0.2) is 59.0 Å². The summed E-state index contributed by atoms with van der Waals surface area (Å²) in [4.78, 5) is 47.2. The fourth-order valence-corrected chi connectivity index (χ4v) is 5.11. The van der Waals surface area contributed by atoms with Gasteiger partial charge in [-0.05, 0) is 31.2 Å². The number of carbonyl (C=O) groups excluding carboxylic acids is 2. The average Bonchev–Trinajstić information content (AvgIpc) is 3.35. The largest absolute Gasteiger partial charge is 0.495 e. The second-order valence-corrected chi connectivity index (χ2v) is 9.36. The minimum atomic E-state index is -0.532. The highest BCUT2D eigenvalue weighted by atomic mass is 16.5. The number of H-pyrrole nitrogens is 1. The highest BCUT2D eigenvalue weighted by Gasteiger charge is 2.46. The number of anilines is 1. The zero-order valence-corrected chi connectivity index (χ0v) is 21.6. The van der Waals surface area contributed by atoms with Crippen molar-refractivity contribution >= 4 is 23.1 Å². The summed E-state index contributed by atoms with van der Waals surface area (Å²) < 4.78 is 6.88. The monoisotopic (exact) mass is 501 g/mol. The van der Waals surface area contributed by atoms with Gasteiger partial charge in [-0.2, -0.15) is 0 Å². The molecule has 0 spiro atoms. The molecule has 2 aromatic carbocycles. The van der Waals surface area contributed by atoms with Crippen LogP contribution in [0, 0.1) is 6.92 Å². The zero-order valence-electron chi connectivity index (χ0n) is 21.6. The van der Waals surface area contributed by atoms with E-state index >= 15 is 0 Å². The van der Waals surface area contributed by atoms with E-state index in [4.69, 9.17) is 4.74 Å². The summed E-state index contributed by atoms with van der Waals surface area (Å²) in [5.41, 5.74) is 2.73. The predicted molar refractivity (Wildman–Crippen MR) is 142 cm³/mol. The van der Waals surface area contributed by atoms with Gasteiger partial charge in [-0.3, -0.25) is 24.2 Å². The van der Waals surface area contributed by atoms with Gasteiger partial charge in [0.05, 0.1) is 29.6 Å². The van der Waals surface area contributed by atoms with E-state index in [0.29, 0.717) is 30.2 Å². The zero-order chi connectivity index (χ0) is 26.3. The minimum Gasteiger partial charge on any atom is -0.495 e. The quantitative estimate of drug-likeness (QED) is 0.523. The lowest BCUT2D eigenvalue weighted by atomic mass is 10.00. The summed E-state index contributed by atoms with van der Waals surface area (Å²) in [6.07, 6.45) is 0. The lowest BCUT2D eigenvalue weighted by molar-refractivity contribution is -0.120. The lowest BCUT2D eigenvalue weighted by Crippen LogP contribution is -2.47. The number of benzene rings is 2. The third kappa shape index (κ3) is 4.15. The van der Waals surface area contributed by atoms with Crippen molar-refractivity contribution < 1.29 is 14.3 Å². The van der Waals surface area contributed by atoms with Gasteiger partial charge in [0.1, 0.15) is 11.4 Å². The van der Waals surface area contributed by atoms with Gasteiger partial charge >= 0.3 is 0 Å². The molecule has 2 aliphatic heterocycles. The molecule has 9 heteroatoms. The fraction of sp³-hybridized carbons (Fsp3) is 0.321. The van der Waals surface area contributed by atoms with Crippen molar-refractivity contribution in [3.05, 3.63) is 75.7 Å². The van der Waals surface area contributed by atoms with Gasteiger partial charge < -0.3 is 14.5 Å². The maximum atomic E-state index is 14.2. The highest BCUT2D eigenvalue weighted by Crippen LogP contribution is 2.40. The van der Waals surface area contributed by atoms with Crippen LogP contribution in [0.2, 0.25) is 0 Å². The average molecular weight is 502 g/mol. The van der Waals surface area contributed by atoms with Crippen LogP contribution >= 0.6 is 0 Å². The van der Waals surface area contributed by atoms with Gasteiger partial charge in [0, 0.05) is 38.8 Å². The Kier molecular flexibility index (Phi) is 6.47. The van der Waals surface area contributed by atoms with Gasteiger partial charge in [0.15, 0.2) is 0 Å². The van der Waals surface area contributed by atoms with Crippen LogP contribution in [0.25, 0.3) is 16.8 Å². The Morgan fingerprint density at radius 1 is 0.946 bits per heavy atom. The van der Waals surface area contributed by atoms with E-state index in [2.05, 4.69) is 16.9 Å². The molecule has 0 bridgehead atoms. The maximum Gasteiger partial charge on any atom is 0.282 e. The van der Waals surface area contributed by atoms with Gasteiger partial charge in [0.2, 0.25) is 0 Å². The number of nitrogens with zero attached hydrogens (tertiary/aromatic N) is 4. The number of carbonyl (C=O) groups is 2. The van der Waals surface area contributed by atoms with Crippen molar-refractivity contribution in [2.45, 2.75) is 13.8 Å². The van der Waals surface area contributed by atoms with Crippen molar-refractivity contribution in [3.63, 3.8) is 0 Å². The molecule has 3 aromatic rings. The number of hydrogen-bond donors (Lipinski definition) is 1. The number of aryl methyl sites for hydroxylation is 2. The molecule has 0 aliphatic carbocycles. The van der Waals surface area contributed by atoms with Crippen molar-refractivity contribution in [2.24, 2.45) is 7.05 Å². The molecule has 1 saturated heterocycles. The number of likely N-dealkylation sites (N-methyl/N-ethyl adjacent to an activating group) is 1. The molecule has 3 heterocycles. The molecule has 2 amide bonds. The van der Waals surface area contributed by atoms with Crippen LogP contribution < -0.4 is 15.2 Å². The highest BCUT2D eigenvalue weighted by molar-refractivity contribution is 6.46. The van der Waals surface area contributed by atoms with Crippen LogP contribution in [0.3, 0.4) is 0 Å². The van der Waals surface area contributed by atoms with Crippen LogP contribution in [0.5, 0.6) is 5.75 Å². The number of amides is 2. The Bertz CT molecular complexity index is 1440. The smallest absolute Gasteiger partial charge is 0.282 e. The van der Waals surface area contributed by atoms with E-state index in [9.17, 15) is 14.4 Å². The predicted octanol–water partition coefficient (Wildman–Crippen LogP) is 2.62. The number of rotatable bonds is 6. The summed E-state index contributed by atoms with van der Waals surface area (Å²) in [6.45, 7) is 7.59. The minimum absolute atomic E-state index is 0.124. The summed E-state index contributed by atoms with van der Waals surface area (Å²) in [5.74, 6) is -0.569. The first kappa shape index (κ1) is 24.6. The number of hydrogen-bond acceptors (Lipinski definition) is 6. The normalized spacial score (nSPS) is 16.8. The summed E-state index contributed by atoms with van der Waals surface area (Å²) in [7, 11) is 3.12. The molecule has 2 aliphatic rings. The van der Waals surface area contributed by atoms with Crippen LogP contribution in [-0.4, -0.2) is 71.2 Å². The first-order chi connectivity index (χ1) is 17.8. The third-order valence-corrected chi connectivity index (χ3v) is 7.13. The molecular formula is C28H31N5O4. The molecule has 0 unspecified atom stereocenters. The van der Waals surface area contributed by atoms with E-state index in [1.54, 1.807) is 19.2 Å². The van der Waals surface area contributed by atoms with Gasteiger partial charge in [-0.25, -0.2) is 4.90 Å². The summed E-state index contributed by atoms with van der Waals surface area (Å²) in [5, 5.41) is 3.10.